The number of benzene rings is 11. The van der Waals surface area contributed by atoms with E-state index in [2.05, 4.69) is 258 Å². The minimum absolute atomic E-state index is 0.882. The molecule has 0 saturated heterocycles. The smallest absolute Gasteiger partial charge is 0.143 e. The fourth-order valence-corrected chi connectivity index (χ4v) is 10.3. The van der Waals surface area contributed by atoms with Crippen molar-refractivity contribution in [3.8, 4) is 50.2 Å². The van der Waals surface area contributed by atoms with Gasteiger partial charge in [0.1, 0.15) is 11.2 Å². The van der Waals surface area contributed by atoms with E-state index in [1.165, 1.54) is 49.3 Å². The van der Waals surface area contributed by atoms with Crippen molar-refractivity contribution in [2.24, 2.45) is 0 Å². The molecule has 0 aliphatic carbocycles. The van der Waals surface area contributed by atoms with E-state index >= 15 is 0 Å². The Hall–Kier alpha value is -8.92. The summed E-state index contributed by atoms with van der Waals surface area (Å²) in [5.74, 6) is 0. The van der Waals surface area contributed by atoms with Crippen LogP contribution in [0.25, 0.3) is 105 Å². The van der Waals surface area contributed by atoms with Crippen molar-refractivity contribution >= 4 is 71.6 Å². The molecule has 0 N–H and O–H groups in total. The number of para-hydroxylation sites is 5. The largest absolute Gasteiger partial charge is 0.455 e. The van der Waals surface area contributed by atoms with E-state index in [0.717, 1.165) is 72.5 Å². The first kappa shape index (κ1) is 38.5. The van der Waals surface area contributed by atoms with Crippen molar-refractivity contribution in [2.75, 3.05) is 4.90 Å². The van der Waals surface area contributed by atoms with Gasteiger partial charge in [0.2, 0.25) is 0 Å². The van der Waals surface area contributed by atoms with E-state index in [0.29, 0.717) is 0 Å². The molecule has 0 aliphatic heterocycles. The second kappa shape index (κ2) is 16.0. The van der Waals surface area contributed by atoms with Gasteiger partial charge in [-0.2, -0.15) is 0 Å². The van der Waals surface area contributed by atoms with Crippen LogP contribution in [0.15, 0.2) is 259 Å². The topological polar surface area (TPSA) is 21.3 Å². The summed E-state index contributed by atoms with van der Waals surface area (Å²) in [5.41, 5.74) is 17.5. The minimum atomic E-state index is 0.882. The number of furan rings is 1. The number of rotatable bonds is 8. The van der Waals surface area contributed by atoms with Gasteiger partial charge in [0.25, 0.3) is 0 Å². The molecule has 13 rings (SSSR count). The summed E-state index contributed by atoms with van der Waals surface area (Å²) < 4.78 is 9.12. The maximum absolute atomic E-state index is 6.68. The highest BCUT2D eigenvalue weighted by Crippen LogP contribution is 2.46. The Balaban J connectivity index is 1.01. The van der Waals surface area contributed by atoms with Gasteiger partial charge in [-0.25, -0.2) is 0 Å². The van der Waals surface area contributed by atoms with Crippen LogP contribution < -0.4 is 4.90 Å². The van der Waals surface area contributed by atoms with Gasteiger partial charge in [-0.05, 0) is 93.2 Å². The van der Waals surface area contributed by atoms with Gasteiger partial charge in [-0.3, -0.25) is 0 Å². The SMILES string of the molecule is c1ccc(-c2ccc(-c3ccc(N(c4cccc(-c5cccc6ccccc56)c4)c4ccccc4-c4cccc5c4oc4ccccc45)cc3)c(-n3c4ccccc4c4ccccc43)c2)cc1. The van der Waals surface area contributed by atoms with Crippen LogP contribution in [0, 0.1) is 0 Å². The number of aromatic nitrogens is 1. The molecule has 0 amide bonds. The third kappa shape index (κ3) is 6.51. The van der Waals surface area contributed by atoms with Gasteiger partial charge in [-0.1, -0.05) is 200 Å². The van der Waals surface area contributed by atoms with Crippen molar-refractivity contribution < 1.29 is 4.42 Å². The van der Waals surface area contributed by atoms with Crippen molar-refractivity contribution in [1.82, 2.24) is 4.57 Å². The molecule has 67 heavy (non-hydrogen) atoms. The number of nitrogens with zero attached hydrogens (tertiary/aromatic N) is 2. The molecule has 0 spiro atoms. The summed E-state index contributed by atoms with van der Waals surface area (Å²) in [5, 5.41) is 7.15. The highest BCUT2D eigenvalue weighted by atomic mass is 16.3. The molecule has 0 atom stereocenters. The molecule has 0 bridgehead atoms. The second-order valence-corrected chi connectivity index (χ2v) is 17.2. The van der Waals surface area contributed by atoms with E-state index in [1.807, 2.05) is 6.07 Å². The zero-order valence-electron chi connectivity index (χ0n) is 36.6. The Morgan fingerprint density at radius 3 is 1.72 bits per heavy atom. The summed E-state index contributed by atoms with van der Waals surface area (Å²) in [4.78, 5) is 2.40. The lowest BCUT2D eigenvalue weighted by Gasteiger charge is -2.28. The van der Waals surface area contributed by atoms with Gasteiger partial charge < -0.3 is 13.9 Å². The van der Waals surface area contributed by atoms with Crippen molar-refractivity contribution in [2.45, 2.75) is 0 Å². The Morgan fingerprint density at radius 2 is 0.896 bits per heavy atom. The lowest BCUT2D eigenvalue weighted by Crippen LogP contribution is -2.11. The lowest BCUT2D eigenvalue weighted by atomic mass is 9.96. The van der Waals surface area contributed by atoms with E-state index in [-0.39, 0.29) is 0 Å². The third-order valence-electron chi connectivity index (χ3n) is 13.4. The summed E-state index contributed by atoms with van der Waals surface area (Å²) in [7, 11) is 0. The van der Waals surface area contributed by atoms with Crippen LogP contribution in [0.4, 0.5) is 17.1 Å². The molecule has 0 fully saturated rings. The predicted molar refractivity (Wildman–Crippen MR) is 282 cm³/mol. The van der Waals surface area contributed by atoms with Gasteiger partial charge >= 0.3 is 0 Å². The Morgan fingerprint density at radius 1 is 0.313 bits per heavy atom. The molecule has 0 saturated carbocycles. The molecule has 2 aromatic heterocycles. The van der Waals surface area contributed by atoms with Gasteiger partial charge in [0.05, 0.1) is 22.4 Å². The average Bonchev–Trinajstić information content (AvgIpc) is 3.95. The molecule has 13 aromatic rings. The van der Waals surface area contributed by atoms with Gasteiger partial charge in [0.15, 0.2) is 0 Å². The fourth-order valence-electron chi connectivity index (χ4n) is 10.3. The maximum atomic E-state index is 6.68. The minimum Gasteiger partial charge on any atom is -0.455 e. The van der Waals surface area contributed by atoms with Gasteiger partial charge in [-0.15, -0.1) is 0 Å². The molecule has 3 nitrogen and oxygen atoms in total. The normalized spacial score (nSPS) is 11.6. The summed E-state index contributed by atoms with van der Waals surface area (Å²) in [6, 6.07) is 92.0. The molecule has 3 heteroatoms. The van der Waals surface area contributed by atoms with Crippen LogP contribution in [-0.4, -0.2) is 4.57 Å². The zero-order chi connectivity index (χ0) is 44.3. The van der Waals surface area contributed by atoms with Gasteiger partial charge in [0, 0.05) is 49.6 Å². The molecular formula is C64H42N2O. The van der Waals surface area contributed by atoms with E-state index in [9.17, 15) is 0 Å². The van der Waals surface area contributed by atoms with E-state index < -0.39 is 0 Å². The van der Waals surface area contributed by atoms with Crippen LogP contribution in [0.5, 0.6) is 0 Å². The molecule has 11 aromatic carbocycles. The third-order valence-corrected chi connectivity index (χ3v) is 13.4. The molecule has 0 aliphatic rings. The van der Waals surface area contributed by atoms with E-state index in [4.69, 9.17) is 4.42 Å². The summed E-state index contributed by atoms with van der Waals surface area (Å²) in [6.07, 6.45) is 0. The molecule has 314 valence electrons. The summed E-state index contributed by atoms with van der Waals surface area (Å²) in [6.45, 7) is 0. The highest BCUT2D eigenvalue weighted by molar-refractivity contribution is 6.12. The second-order valence-electron chi connectivity index (χ2n) is 17.2. The standard InChI is InChI=1S/C64H42N2O/c1-2-17-43(18-3-1)46-37-40-52(62(42-46)66-60-32-11-6-24-53(60)54-25-7-12-33-61(54)66)45-35-38-48(39-36-45)65(49-22-14-21-47(41-49)51-28-15-20-44-19-4-5-23-50(44)51)59-31-10-8-26-55(59)57-29-16-30-58-56-27-9-13-34-63(56)67-64(57)58/h1-42H. The fraction of sp³-hybridized carbons (Fsp3) is 0. The van der Waals surface area contributed by atoms with Crippen molar-refractivity contribution in [1.29, 1.82) is 0 Å². The molecule has 0 radical (unpaired) electrons. The van der Waals surface area contributed by atoms with Crippen molar-refractivity contribution in [3.63, 3.8) is 0 Å². The van der Waals surface area contributed by atoms with Crippen LogP contribution >= 0.6 is 0 Å². The Labute approximate surface area is 388 Å². The highest BCUT2D eigenvalue weighted by Gasteiger charge is 2.22. The average molecular weight is 855 g/mol. The van der Waals surface area contributed by atoms with Crippen LogP contribution in [0.3, 0.4) is 0 Å². The lowest BCUT2D eigenvalue weighted by molar-refractivity contribution is 0.670. The number of anilines is 3. The van der Waals surface area contributed by atoms with Crippen molar-refractivity contribution in [3.05, 3.63) is 255 Å². The number of hydrogen-bond acceptors (Lipinski definition) is 2. The zero-order valence-corrected chi connectivity index (χ0v) is 36.6. The molecular weight excluding hydrogens is 813 g/mol. The Kier molecular flexibility index (Phi) is 9.17. The summed E-state index contributed by atoms with van der Waals surface area (Å²) >= 11 is 0. The molecule has 0 unspecified atom stereocenters. The quantitative estimate of drug-likeness (QED) is 0.152. The predicted octanol–water partition coefficient (Wildman–Crippen LogP) is 18.0. The first-order chi connectivity index (χ1) is 33.2. The van der Waals surface area contributed by atoms with E-state index in [1.54, 1.807) is 0 Å². The number of hydrogen-bond donors (Lipinski definition) is 0. The maximum Gasteiger partial charge on any atom is 0.143 e. The number of fused-ring (bicyclic) bond motifs is 7. The van der Waals surface area contributed by atoms with Crippen LogP contribution in [-0.2, 0) is 0 Å². The monoisotopic (exact) mass is 854 g/mol. The Bertz CT molecular complexity index is 3930. The van der Waals surface area contributed by atoms with Crippen LogP contribution in [0.1, 0.15) is 0 Å². The molecule has 2 heterocycles. The first-order valence-corrected chi connectivity index (χ1v) is 22.9. The first-order valence-electron chi connectivity index (χ1n) is 22.9. The van der Waals surface area contributed by atoms with Crippen LogP contribution in [0.2, 0.25) is 0 Å².